The third kappa shape index (κ3) is 5.01. The van der Waals surface area contributed by atoms with E-state index in [-0.39, 0.29) is 5.91 Å². The maximum absolute atomic E-state index is 11.1. The van der Waals surface area contributed by atoms with E-state index in [0.29, 0.717) is 11.6 Å². The SMILES string of the molecule is CC(=O)Nc1ccc(CNc2ccccc2Oc2ccc(Cl)cc2)cc1. The van der Waals surface area contributed by atoms with Gasteiger partial charge < -0.3 is 15.4 Å². The van der Waals surface area contributed by atoms with E-state index in [9.17, 15) is 4.79 Å². The smallest absolute Gasteiger partial charge is 0.221 e. The molecule has 0 aromatic heterocycles. The van der Waals surface area contributed by atoms with E-state index in [1.807, 2.05) is 60.7 Å². The second-order valence-electron chi connectivity index (χ2n) is 5.78. The molecule has 0 aliphatic heterocycles. The van der Waals surface area contributed by atoms with Crippen molar-refractivity contribution in [1.29, 1.82) is 0 Å². The summed E-state index contributed by atoms with van der Waals surface area (Å²) in [6.07, 6.45) is 0. The molecule has 0 bridgehead atoms. The lowest BCUT2D eigenvalue weighted by Crippen LogP contribution is -2.06. The van der Waals surface area contributed by atoms with Gasteiger partial charge in [0.05, 0.1) is 5.69 Å². The zero-order chi connectivity index (χ0) is 18.4. The number of amides is 1. The lowest BCUT2D eigenvalue weighted by molar-refractivity contribution is -0.114. The number of benzene rings is 3. The summed E-state index contributed by atoms with van der Waals surface area (Å²) in [5.74, 6) is 1.39. The molecule has 2 N–H and O–H groups in total. The van der Waals surface area contributed by atoms with Crippen LogP contribution in [0.1, 0.15) is 12.5 Å². The summed E-state index contributed by atoms with van der Waals surface area (Å²) in [4.78, 5) is 11.1. The number of rotatable bonds is 6. The zero-order valence-corrected chi connectivity index (χ0v) is 15.1. The Kier molecular flexibility index (Phi) is 5.77. The van der Waals surface area contributed by atoms with Gasteiger partial charge in [0, 0.05) is 24.2 Å². The number of anilines is 2. The van der Waals surface area contributed by atoms with Crippen molar-refractivity contribution < 1.29 is 9.53 Å². The number of halogens is 1. The lowest BCUT2D eigenvalue weighted by atomic mass is 10.2. The first-order chi connectivity index (χ1) is 12.6. The highest BCUT2D eigenvalue weighted by atomic mass is 35.5. The Labute approximate surface area is 157 Å². The van der Waals surface area contributed by atoms with Gasteiger partial charge in [0.2, 0.25) is 5.91 Å². The molecule has 0 saturated carbocycles. The van der Waals surface area contributed by atoms with E-state index in [4.69, 9.17) is 16.3 Å². The Morgan fingerprint density at radius 3 is 2.35 bits per heavy atom. The number of hydrogen-bond acceptors (Lipinski definition) is 3. The molecule has 3 aromatic carbocycles. The number of hydrogen-bond donors (Lipinski definition) is 2. The first-order valence-electron chi connectivity index (χ1n) is 8.23. The standard InChI is InChI=1S/C21H19ClN2O2/c1-15(25)24-18-10-6-16(7-11-18)14-23-20-4-2-3-5-21(20)26-19-12-8-17(22)9-13-19/h2-13,23H,14H2,1H3,(H,24,25). The monoisotopic (exact) mass is 366 g/mol. The van der Waals surface area contributed by atoms with Crippen LogP contribution in [0.5, 0.6) is 11.5 Å². The molecule has 0 atom stereocenters. The van der Waals surface area contributed by atoms with Crippen LogP contribution in [0.3, 0.4) is 0 Å². The fraction of sp³-hybridized carbons (Fsp3) is 0.0952. The second kappa shape index (κ2) is 8.41. The molecule has 0 aliphatic carbocycles. The number of carbonyl (C=O) groups excluding carboxylic acids is 1. The van der Waals surface area contributed by atoms with E-state index in [2.05, 4.69) is 10.6 Å². The highest BCUT2D eigenvalue weighted by Crippen LogP contribution is 2.30. The summed E-state index contributed by atoms with van der Waals surface area (Å²) in [6, 6.07) is 22.7. The quantitative estimate of drug-likeness (QED) is 0.588. The van der Waals surface area contributed by atoms with Crippen LogP contribution in [0, 0.1) is 0 Å². The Morgan fingerprint density at radius 1 is 0.962 bits per heavy atom. The summed E-state index contributed by atoms with van der Waals surface area (Å²) in [6.45, 7) is 2.13. The van der Waals surface area contributed by atoms with Gasteiger partial charge in [-0.05, 0) is 54.1 Å². The third-order valence-electron chi connectivity index (χ3n) is 3.69. The molecule has 3 rings (SSSR count). The molecule has 0 aliphatic rings. The Bertz CT molecular complexity index is 877. The van der Waals surface area contributed by atoms with Crippen LogP contribution < -0.4 is 15.4 Å². The first-order valence-corrected chi connectivity index (χ1v) is 8.61. The van der Waals surface area contributed by atoms with Gasteiger partial charge in [-0.1, -0.05) is 35.9 Å². The van der Waals surface area contributed by atoms with Crippen LogP contribution in [0.15, 0.2) is 72.8 Å². The highest BCUT2D eigenvalue weighted by Gasteiger charge is 2.05. The summed E-state index contributed by atoms with van der Waals surface area (Å²) in [5.41, 5.74) is 2.78. The third-order valence-corrected chi connectivity index (χ3v) is 3.94. The summed E-state index contributed by atoms with van der Waals surface area (Å²) >= 11 is 5.91. The molecule has 0 fully saturated rings. The molecule has 0 saturated heterocycles. The van der Waals surface area contributed by atoms with Crippen molar-refractivity contribution >= 4 is 28.9 Å². The van der Waals surface area contributed by atoms with Crippen LogP contribution in [0.4, 0.5) is 11.4 Å². The van der Waals surface area contributed by atoms with Crippen LogP contribution >= 0.6 is 11.6 Å². The molecule has 0 spiro atoms. The van der Waals surface area contributed by atoms with Gasteiger partial charge in [-0.25, -0.2) is 0 Å². The molecule has 132 valence electrons. The van der Waals surface area contributed by atoms with Crippen molar-refractivity contribution in [2.45, 2.75) is 13.5 Å². The number of para-hydroxylation sites is 2. The molecule has 0 heterocycles. The van der Waals surface area contributed by atoms with E-state index in [1.54, 1.807) is 12.1 Å². The predicted molar refractivity (Wildman–Crippen MR) is 106 cm³/mol. The second-order valence-corrected chi connectivity index (χ2v) is 6.22. The average molecular weight is 367 g/mol. The fourth-order valence-corrected chi connectivity index (χ4v) is 2.56. The van der Waals surface area contributed by atoms with E-state index < -0.39 is 0 Å². The Morgan fingerprint density at radius 2 is 1.65 bits per heavy atom. The molecule has 3 aromatic rings. The first kappa shape index (κ1) is 17.8. The van der Waals surface area contributed by atoms with Gasteiger partial charge in [0.15, 0.2) is 5.75 Å². The van der Waals surface area contributed by atoms with Gasteiger partial charge in [0.1, 0.15) is 5.75 Å². The zero-order valence-electron chi connectivity index (χ0n) is 14.3. The maximum atomic E-state index is 11.1. The number of carbonyl (C=O) groups is 1. The molecule has 1 amide bonds. The minimum Gasteiger partial charge on any atom is -0.455 e. The van der Waals surface area contributed by atoms with Crippen molar-refractivity contribution in [1.82, 2.24) is 0 Å². The topological polar surface area (TPSA) is 50.4 Å². The van der Waals surface area contributed by atoms with Crippen molar-refractivity contribution in [2.24, 2.45) is 0 Å². The molecular weight excluding hydrogens is 348 g/mol. The van der Waals surface area contributed by atoms with Crippen LogP contribution in [-0.4, -0.2) is 5.91 Å². The Balaban J connectivity index is 1.66. The van der Waals surface area contributed by atoms with Gasteiger partial charge >= 0.3 is 0 Å². The largest absolute Gasteiger partial charge is 0.455 e. The Hall–Kier alpha value is -2.98. The van der Waals surface area contributed by atoms with Gasteiger partial charge in [-0.3, -0.25) is 4.79 Å². The van der Waals surface area contributed by atoms with Crippen molar-refractivity contribution in [3.8, 4) is 11.5 Å². The fourth-order valence-electron chi connectivity index (χ4n) is 2.44. The summed E-state index contributed by atoms with van der Waals surface area (Å²) in [5, 5.41) is 6.81. The highest BCUT2D eigenvalue weighted by molar-refractivity contribution is 6.30. The summed E-state index contributed by atoms with van der Waals surface area (Å²) < 4.78 is 5.95. The molecular formula is C21H19ClN2O2. The van der Waals surface area contributed by atoms with Crippen LogP contribution in [0.25, 0.3) is 0 Å². The van der Waals surface area contributed by atoms with Crippen molar-refractivity contribution in [2.75, 3.05) is 10.6 Å². The molecule has 4 nitrogen and oxygen atoms in total. The van der Waals surface area contributed by atoms with Crippen molar-refractivity contribution in [3.63, 3.8) is 0 Å². The van der Waals surface area contributed by atoms with Crippen LogP contribution in [0.2, 0.25) is 5.02 Å². The van der Waals surface area contributed by atoms with Gasteiger partial charge in [0.25, 0.3) is 0 Å². The molecule has 5 heteroatoms. The minimum atomic E-state index is -0.0795. The number of ether oxygens (including phenoxy) is 1. The maximum Gasteiger partial charge on any atom is 0.221 e. The number of nitrogens with one attached hydrogen (secondary N) is 2. The molecule has 0 radical (unpaired) electrons. The van der Waals surface area contributed by atoms with E-state index in [1.165, 1.54) is 6.92 Å². The van der Waals surface area contributed by atoms with Crippen LogP contribution in [-0.2, 0) is 11.3 Å². The van der Waals surface area contributed by atoms with Crippen molar-refractivity contribution in [3.05, 3.63) is 83.4 Å². The average Bonchev–Trinajstić information content (AvgIpc) is 2.64. The van der Waals surface area contributed by atoms with Gasteiger partial charge in [-0.15, -0.1) is 0 Å². The minimum absolute atomic E-state index is 0.0795. The van der Waals surface area contributed by atoms with E-state index >= 15 is 0 Å². The summed E-state index contributed by atoms with van der Waals surface area (Å²) in [7, 11) is 0. The normalized spacial score (nSPS) is 10.2. The predicted octanol–water partition coefficient (Wildman–Crippen LogP) is 5.70. The van der Waals surface area contributed by atoms with E-state index in [0.717, 1.165) is 28.4 Å². The van der Waals surface area contributed by atoms with Gasteiger partial charge in [-0.2, -0.15) is 0 Å². The lowest BCUT2D eigenvalue weighted by Gasteiger charge is -2.13. The molecule has 26 heavy (non-hydrogen) atoms. The molecule has 0 unspecified atom stereocenters.